The highest BCUT2D eigenvalue weighted by Gasteiger charge is 2.46. The van der Waals surface area contributed by atoms with E-state index in [0.29, 0.717) is 24.3 Å². The zero-order chi connectivity index (χ0) is 26.1. The van der Waals surface area contributed by atoms with Gasteiger partial charge in [-0.2, -0.15) is 0 Å². The minimum Gasteiger partial charge on any atom is -0.458 e. The number of hydrogen-bond donors (Lipinski definition) is 1. The minimum absolute atomic E-state index is 0.388. The number of amides is 1. The fourth-order valence-corrected chi connectivity index (χ4v) is 4.97. The monoisotopic (exact) mass is 505 g/mol. The summed E-state index contributed by atoms with van der Waals surface area (Å²) in [5.41, 5.74) is 5.95. The summed E-state index contributed by atoms with van der Waals surface area (Å²) in [7, 11) is 0. The van der Waals surface area contributed by atoms with Crippen LogP contribution >= 0.6 is 0 Å². The topological polar surface area (TPSA) is 77.8 Å². The number of anilines is 1. The predicted molar refractivity (Wildman–Crippen MR) is 145 cm³/mol. The molecular formula is C32H27NO5. The van der Waals surface area contributed by atoms with Gasteiger partial charge in [-0.05, 0) is 42.0 Å². The van der Waals surface area contributed by atoms with Gasteiger partial charge in [-0.3, -0.25) is 10.1 Å². The Bertz CT molecular complexity index is 1500. The van der Waals surface area contributed by atoms with Crippen LogP contribution in [0.25, 0.3) is 28.5 Å². The number of carbonyl (C=O) groups is 2. The van der Waals surface area contributed by atoms with Gasteiger partial charge in [0.2, 0.25) is 0 Å². The van der Waals surface area contributed by atoms with Crippen LogP contribution in [0, 0.1) is 0 Å². The van der Waals surface area contributed by atoms with E-state index >= 15 is 0 Å². The van der Waals surface area contributed by atoms with Gasteiger partial charge < -0.3 is 13.9 Å². The number of nitrogens with one attached hydrogen (secondary N) is 1. The maximum Gasteiger partial charge on any atom is 0.412 e. The van der Waals surface area contributed by atoms with Crippen molar-refractivity contribution in [1.29, 1.82) is 0 Å². The van der Waals surface area contributed by atoms with Gasteiger partial charge >= 0.3 is 6.09 Å². The number of furan rings is 1. The standard InChI is InChI=1S/C32H27NO5/c1-21(22-6-3-2-4-7-22)37-31(35)33-29-27-8-5-9-28(27)38-30(29)25-12-10-23(11-13-25)24-14-16-26(17-15-24)32(18-19-32)36-20-34/h2-8,10-17,20-21H,9,18-19H2,1H3,(H,33,35). The SMILES string of the molecule is CC(OC(=O)Nc1c(-c2ccc(-c3ccc(C4(OC=O)CC4)cc3)cc2)oc2c1C=CC2)c1ccccc1. The summed E-state index contributed by atoms with van der Waals surface area (Å²) in [6.07, 6.45) is 5.46. The largest absolute Gasteiger partial charge is 0.458 e. The van der Waals surface area contributed by atoms with E-state index in [-0.39, 0.29) is 6.10 Å². The molecule has 4 aromatic rings. The molecule has 1 fully saturated rings. The number of fused-ring (bicyclic) bond motifs is 1. The Kier molecular flexibility index (Phi) is 6.08. The Morgan fingerprint density at radius 3 is 2.26 bits per heavy atom. The first-order valence-electron chi connectivity index (χ1n) is 12.7. The average Bonchev–Trinajstić information content (AvgIpc) is 3.45. The summed E-state index contributed by atoms with van der Waals surface area (Å²) in [6.45, 7) is 2.38. The Hall–Kier alpha value is -4.58. The molecule has 6 nitrogen and oxygen atoms in total. The van der Waals surface area contributed by atoms with Gasteiger partial charge in [0.15, 0.2) is 5.76 Å². The highest BCUT2D eigenvalue weighted by Crippen LogP contribution is 2.49. The first-order chi connectivity index (χ1) is 18.6. The lowest BCUT2D eigenvalue weighted by Gasteiger charge is -2.15. The molecule has 0 spiro atoms. The lowest BCUT2D eigenvalue weighted by Crippen LogP contribution is -2.16. The quantitative estimate of drug-likeness (QED) is 0.249. The maximum atomic E-state index is 12.8. The molecule has 0 bridgehead atoms. The molecule has 1 atom stereocenters. The van der Waals surface area contributed by atoms with Gasteiger partial charge in [-0.25, -0.2) is 4.79 Å². The Balaban J connectivity index is 1.21. The van der Waals surface area contributed by atoms with Crippen molar-refractivity contribution >= 4 is 24.3 Å². The molecule has 0 saturated heterocycles. The number of rotatable bonds is 8. The lowest BCUT2D eigenvalue weighted by molar-refractivity contribution is -0.136. The molecule has 3 aromatic carbocycles. The van der Waals surface area contributed by atoms with Crippen molar-refractivity contribution < 1.29 is 23.5 Å². The highest BCUT2D eigenvalue weighted by atomic mass is 16.6. The summed E-state index contributed by atoms with van der Waals surface area (Å²) in [5, 5.41) is 2.93. The van der Waals surface area contributed by atoms with Crippen molar-refractivity contribution in [3.05, 3.63) is 107 Å². The van der Waals surface area contributed by atoms with Crippen LogP contribution in [0.3, 0.4) is 0 Å². The summed E-state index contributed by atoms with van der Waals surface area (Å²) < 4.78 is 17.1. The van der Waals surface area contributed by atoms with E-state index in [1.54, 1.807) is 0 Å². The van der Waals surface area contributed by atoms with E-state index in [1.807, 2.05) is 97.9 Å². The molecule has 2 aliphatic carbocycles. The fourth-order valence-electron chi connectivity index (χ4n) is 4.97. The van der Waals surface area contributed by atoms with Gasteiger partial charge in [0.05, 0.1) is 5.69 Å². The Morgan fingerprint density at radius 1 is 0.947 bits per heavy atom. The molecular weight excluding hydrogens is 478 g/mol. The van der Waals surface area contributed by atoms with Crippen LogP contribution in [-0.2, 0) is 26.3 Å². The third kappa shape index (κ3) is 4.50. The third-order valence-corrected chi connectivity index (χ3v) is 7.26. The van der Waals surface area contributed by atoms with Crippen LogP contribution in [0.1, 0.15) is 48.3 Å². The fraction of sp³-hybridized carbons (Fsp3) is 0.188. The number of benzene rings is 3. The number of allylic oxidation sites excluding steroid dienone is 1. The molecule has 38 heavy (non-hydrogen) atoms. The molecule has 190 valence electrons. The van der Waals surface area contributed by atoms with Gasteiger partial charge in [0.25, 0.3) is 6.47 Å². The van der Waals surface area contributed by atoms with Crippen molar-refractivity contribution in [3.8, 4) is 22.5 Å². The van der Waals surface area contributed by atoms with Crippen LogP contribution in [0.2, 0.25) is 0 Å². The van der Waals surface area contributed by atoms with E-state index in [0.717, 1.165) is 52.0 Å². The lowest BCUT2D eigenvalue weighted by atomic mass is 9.99. The first-order valence-corrected chi connectivity index (χ1v) is 12.7. The third-order valence-electron chi connectivity index (χ3n) is 7.26. The van der Waals surface area contributed by atoms with E-state index in [2.05, 4.69) is 5.32 Å². The predicted octanol–water partition coefficient (Wildman–Crippen LogP) is 7.65. The second-order valence-corrected chi connectivity index (χ2v) is 9.70. The second-order valence-electron chi connectivity index (χ2n) is 9.70. The maximum absolute atomic E-state index is 12.8. The molecule has 6 heteroatoms. The smallest absolute Gasteiger partial charge is 0.412 e. The first kappa shape index (κ1) is 23.8. The van der Waals surface area contributed by atoms with E-state index in [4.69, 9.17) is 13.9 Å². The van der Waals surface area contributed by atoms with E-state index < -0.39 is 11.7 Å². The van der Waals surface area contributed by atoms with E-state index in [1.165, 1.54) is 0 Å². The molecule has 1 saturated carbocycles. The summed E-state index contributed by atoms with van der Waals surface area (Å²) in [6, 6.07) is 25.8. The number of ether oxygens (including phenoxy) is 2. The molecule has 6 rings (SSSR count). The van der Waals surface area contributed by atoms with Crippen molar-refractivity contribution in [2.24, 2.45) is 0 Å². The number of carbonyl (C=O) groups excluding carboxylic acids is 2. The highest BCUT2D eigenvalue weighted by molar-refractivity contribution is 5.95. The van der Waals surface area contributed by atoms with Crippen LogP contribution in [0.5, 0.6) is 0 Å². The molecule has 1 amide bonds. The molecule has 0 radical (unpaired) electrons. The number of hydrogen-bond acceptors (Lipinski definition) is 5. The van der Waals surface area contributed by atoms with Crippen LogP contribution in [-0.4, -0.2) is 12.6 Å². The summed E-state index contributed by atoms with van der Waals surface area (Å²) in [4.78, 5) is 23.7. The Morgan fingerprint density at radius 2 is 1.61 bits per heavy atom. The van der Waals surface area contributed by atoms with Crippen LogP contribution < -0.4 is 5.32 Å². The van der Waals surface area contributed by atoms with Crippen LogP contribution in [0.4, 0.5) is 10.5 Å². The van der Waals surface area contributed by atoms with Gasteiger partial charge in [-0.1, -0.05) is 91.0 Å². The summed E-state index contributed by atoms with van der Waals surface area (Å²) in [5.74, 6) is 1.42. The molecule has 1 heterocycles. The van der Waals surface area contributed by atoms with Gasteiger partial charge in [0, 0.05) is 17.5 Å². The van der Waals surface area contributed by atoms with Gasteiger partial charge in [0.1, 0.15) is 17.5 Å². The molecule has 1 unspecified atom stereocenters. The van der Waals surface area contributed by atoms with Crippen molar-refractivity contribution in [2.45, 2.75) is 37.9 Å². The normalized spacial score (nSPS) is 15.4. The van der Waals surface area contributed by atoms with Crippen LogP contribution in [0.15, 0.2) is 89.4 Å². The molecule has 1 N–H and O–H groups in total. The van der Waals surface area contributed by atoms with Crippen molar-refractivity contribution in [3.63, 3.8) is 0 Å². The van der Waals surface area contributed by atoms with Crippen molar-refractivity contribution in [2.75, 3.05) is 5.32 Å². The van der Waals surface area contributed by atoms with Gasteiger partial charge in [-0.15, -0.1) is 0 Å². The molecule has 1 aromatic heterocycles. The van der Waals surface area contributed by atoms with Crippen molar-refractivity contribution in [1.82, 2.24) is 0 Å². The zero-order valence-electron chi connectivity index (χ0n) is 21.0. The second kappa shape index (κ2) is 9.71. The zero-order valence-corrected chi connectivity index (χ0v) is 21.0. The summed E-state index contributed by atoms with van der Waals surface area (Å²) >= 11 is 0. The average molecular weight is 506 g/mol. The minimum atomic E-state index is -0.532. The Labute approximate surface area is 220 Å². The molecule has 2 aliphatic rings. The molecule has 0 aliphatic heterocycles. The van der Waals surface area contributed by atoms with E-state index in [9.17, 15) is 9.59 Å².